The molecule has 19 heavy (non-hydrogen) atoms. The molecule has 0 aliphatic heterocycles. The van der Waals surface area contributed by atoms with Crippen molar-refractivity contribution < 1.29 is 8.78 Å². The van der Waals surface area contributed by atoms with Crippen LogP contribution in [0.3, 0.4) is 0 Å². The van der Waals surface area contributed by atoms with E-state index in [1.54, 1.807) is 6.07 Å². The molecule has 1 atom stereocenters. The van der Waals surface area contributed by atoms with E-state index in [1.165, 1.54) is 6.07 Å². The third kappa shape index (κ3) is 3.32. The molecular formula is C15H14BrF2N. The van der Waals surface area contributed by atoms with E-state index in [0.29, 0.717) is 0 Å². The molecule has 100 valence electrons. The molecule has 0 fully saturated rings. The van der Waals surface area contributed by atoms with Gasteiger partial charge in [0.25, 0.3) is 0 Å². The third-order valence-electron chi connectivity index (χ3n) is 2.94. The van der Waals surface area contributed by atoms with E-state index in [9.17, 15) is 8.78 Å². The first-order chi connectivity index (χ1) is 9.11. The summed E-state index contributed by atoms with van der Waals surface area (Å²) in [5.74, 6) is -1.68. The van der Waals surface area contributed by atoms with Crippen LogP contribution < -0.4 is 5.32 Å². The number of rotatable bonds is 4. The second-order valence-electron chi connectivity index (χ2n) is 4.26. The number of halogens is 3. The van der Waals surface area contributed by atoms with Crippen LogP contribution in [0.2, 0.25) is 0 Å². The Morgan fingerprint density at radius 3 is 2.58 bits per heavy atom. The van der Waals surface area contributed by atoms with E-state index >= 15 is 0 Å². The summed E-state index contributed by atoms with van der Waals surface area (Å²) in [5.41, 5.74) is 1.22. The zero-order valence-electron chi connectivity index (χ0n) is 10.5. The first-order valence-electron chi connectivity index (χ1n) is 6.08. The molecule has 1 unspecified atom stereocenters. The van der Waals surface area contributed by atoms with Gasteiger partial charge in [-0.2, -0.15) is 0 Å². The molecule has 0 saturated heterocycles. The van der Waals surface area contributed by atoms with Crippen LogP contribution >= 0.6 is 15.9 Å². The van der Waals surface area contributed by atoms with Gasteiger partial charge in [-0.15, -0.1) is 0 Å². The Hall–Kier alpha value is -1.42. The fourth-order valence-electron chi connectivity index (χ4n) is 1.95. The Morgan fingerprint density at radius 1 is 1.16 bits per heavy atom. The monoisotopic (exact) mass is 325 g/mol. The van der Waals surface area contributed by atoms with Gasteiger partial charge in [-0.25, -0.2) is 8.78 Å². The maximum Gasteiger partial charge on any atom is 0.181 e. The molecular weight excluding hydrogens is 312 g/mol. The second kappa shape index (κ2) is 6.15. The number of benzene rings is 2. The van der Waals surface area contributed by atoms with E-state index in [2.05, 4.69) is 21.2 Å². The van der Waals surface area contributed by atoms with Crippen molar-refractivity contribution in [1.29, 1.82) is 0 Å². The summed E-state index contributed by atoms with van der Waals surface area (Å²) < 4.78 is 27.8. The number of anilines is 1. The largest absolute Gasteiger partial charge is 0.376 e. The van der Waals surface area contributed by atoms with Crippen LogP contribution in [0.5, 0.6) is 0 Å². The van der Waals surface area contributed by atoms with Gasteiger partial charge in [0.2, 0.25) is 0 Å². The Morgan fingerprint density at radius 2 is 1.89 bits per heavy atom. The quantitative estimate of drug-likeness (QED) is 0.805. The minimum atomic E-state index is -0.839. The van der Waals surface area contributed by atoms with Crippen LogP contribution in [0.15, 0.2) is 46.9 Å². The van der Waals surface area contributed by atoms with Crippen LogP contribution in [-0.4, -0.2) is 0 Å². The normalized spacial score (nSPS) is 12.2. The zero-order valence-corrected chi connectivity index (χ0v) is 12.0. The van der Waals surface area contributed by atoms with Gasteiger partial charge in [-0.3, -0.25) is 0 Å². The van der Waals surface area contributed by atoms with Crippen LogP contribution in [-0.2, 0) is 0 Å². The van der Waals surface area contributed by atoms with Gasteiger partial charge in [0.1, 0.15) is 0 Å². The van der Waals surface area contributed by atoms with Crippen molar-refractivity contribution >= 4 is 21.6 Å². The summed E-state index contributed by atoms with van der Waals surface area (Å²) in [7, 11) is 0. The molecule has 0 bridgehead atoms. The Kier molecular flexibility index (Phi) is 4.53. The van der Waals surface area contributed by atoms with E-state index in [1.807, 2.05) is 31.2 Å². The minimum absolute atomic E-state index is 0.0613. The highest BCUT2D eigenvalue weighted by Crippen LogP contribution is 2.26. The topological polar surface area (TPSA) is 12.0 Å². The van der Waals surface area contributed by atoms with Crippen molar-refractivity contribution in [3.63, 3.8) is 0 Å². The average Bonchev–Trinajstić information content (AvgIpc) is 2.40. The molecule has 2 aromatic carbocycles. The average molecular weight is 326 g/mol. The van der Waals surface area contributed by atoms with Gasteiger partial charge in [-0.05, 0) is 36.2 Å². The van der Waals surface area contributed by atoms with Crippen molar-refractivity contribution in [2.24, 2.45) is 0 Å². The molecule has 1 N–H and O–H groups in total. The standard InChI is InChI=1S/C15H14BrF2N/c1-2-13(10-5-3-6-11(16)9-10)19-14-8-4-7-12(17)15(14)18/h3-9,13,19H,2H2,1H3. The van der Waals surface area contributed by atoms with Gasteiger partial charge in [0, 0.05) is 4.47 Å². The van der Waals surface area contributed by atoms with Crippen molar-refractivity contribution in [2.45, 2.75) is 19.4 Å². The van der Waals surface area contributed by atoms with Crippen molar-refractivity contribution in [2.75, 3.05) is 5.32 Å². The lowest BCUT2D eigenvalue weighted by Crippen LogP contribution is -2.11. The van der Waals surface area contributed by atoms with Crippen LogP contribution in [0.1, 0.15) is 24.9 Å². The van der Waals surface area contributed by atoms with E-state index in [0.717, 1.165) is 22.5 Å². The maximum atomic E-state index is 13.6. The van der Waals surface area contributed by atoms with Gasteiger partial charge in [0.15, 0.2) is 11.6 Å². The second-order valence-corrected chi connectivity index (χ2v) is 5.18. The number of nitrogens with one attached hydrogen (secondary N) is 1. The van der Waals surface area contributed by atoms with E-state index < -0.39 is 11.6 Å². The lowest BCUT2D eigenvalue weighted by atomic mass is 10.0. The third-order valence-corrected chi connectivity index (χ3v) is 3.43. The highest BCUT2D eigenvalue weighted by molar-refractivity contribution is 9.10. The summed E-state index contributed by atoms with van der Waals surface area (Å²) in [4.78, 5) is 0. The molecule has 4 heteroatoms. The lowest BCUT2D eigenvalue weighted by Gasteiger charge is -2.19. The smallest absolute Gasteiger partial charge is 0.181 e. The van der Waals surface area contributed by atoms with Crippen molar-refractivity contribution in [3.8, 4) is 0 Å². The Labute approximate surface area is 119 Å². The van der Waals surface area contributed by atoms with E-state index in [4.69, 9.17) is 0 Å². The molecule has 0 aliphatic rings. The summed E-state index contributed by atoms with van der Waals surface area (Å²) in [6, 6.07) is 11.9. The lowest BCUT2D eigenvalue weighted by molar-refractivity contribution is 0.509. The van der Waals surface area contributed by atoms with Crippen LogP contribution in [0.4, 0.5) is 14.5 Å². The molecule has 1 nitrogen and oxygen atoms in total. The highest BCUT2D eigenvalue weighted by atomic mass is 79.9. The SMILES string of the molecule is CCC(Nc1cccc(F)c1F)c1cccc(Br)c1. The summed E-state index contributed by atoms with van der Waals surface area (Å²) in [6.45, 7) is 2.00. The van der Waals surface area contributed by atoms with Crippen LogP contribution in [0.25, 0.3) is 0 Å². The summed E-state index contributed by atoms with van der Waals surface area (Å²) in [6.07, 6.45) is 0.770. The summed E-state index contributed by atoms with van der Waals surface area (Å²) in [5, 5.41) is 3.05. The zero-order chi connectivity index (χ0) is 13.8. The van der Waals surface area contributed by atoms with Crippen LogP contribution in [0, 0.1) is 11.6 Å². The molecule has 0 radical (unpaired) electrons. The molecule has 2 rings (SSSR count). The highest BCUT2D eigenvalue weighted by Gasteiger charge is 2.13. The number of hydrogen-bond acceptors (Lipinski definition) is 1. The Balaban J connectivity index is 2.26. The Bertz CT molecular complexity index is 572. The fraction of sp³-hybridized carbons (Fsp3) is 0.200. The fourth-order valence-corrected chi connectivity index (χ4v) is 2.36. The summed E-state index contributed by atoms with van der Waals surface area (Å²) >= 11 is 3.41. The predicted octanol–water partition coefficient (Wildman–Crippen LogP) is 5.29. The predicted molar refractivity (Wildman–Crippen MR) is 77.2 cm³/mol. The van der Waals surface area contributed by atoms with Crippen molar-refractivity contribution in [3.05, 3.63) is 64.1 Å². The maximum absolute atomic E-state index is 13.6. The first-order valence-corrected chi connectivity index (χ1v) is 6.87. The molecule has 0 amide bonds. The minimum Gasteiger partial charge on any atom is -0.376 e. The van der Waals surface area contributed by atoms with Gasteiger partial charge in [0.05, 0.1) is 11.7 Å². The molecule has 0 saturated carbocycles. The van der Waals surface area contributed by atoms with E-state index in [-0.39, 0.29) is 11.7 Å². The molecule has 0 heterocycles. The number of hydrogen-bond donors (Lipinski definition) is 1. The molecule has 2 aromatic rings. The molecule has 0 aliphatic carbocycles. The molecule has 0 aromatic heterocycles. The molecule has 0 spiro atoms. The first kappa shape index (κ1) is 14.0. The van der Waals surface area contributed by atoms with Gasteiger partial charge in [-0.1, -0.05) is 41.1 Å². The van der Waals surface area contributed by atoms with Gasteiger partial charge >= 0.3 is 0 Å². The van der Waals surface area contributed by atoms with Crippen molar-refractivity contribution in [1.82, 2.24) is 0 Å². The van der Waals surface area contributed by atoms with Gasteiger partial charge < -0.3 is 5.32 Å².